The molecule has 2 amide bonds. The van der Waals surface area contributed by atoms with Gasteiger partial charge < -0.3 is 10.6 Å². The molecule has 0 saturated carbocycles. The molecule has 1 aromatic heterocycles. The first-order valence-corrected chi connectivity index (χ1v) is 8.07. The van der Waals surface area contributed by atoms with Crippen LogP contribution in [0.15, 0.2) is 85.3 Å². The molecule has 0 saturated heterocycles. The number of nitrogens with zero attached hydrogens (tertiary/aromatic N) is 1. The Morgan fingerprint density at radius 2 is 1.42 bits per heavy atom. The second kappa shape index (κ2) is 8.39. The Morgan fingerprint density at radius 1 is 0.769 bits per heavy atom. The smallest absolute Gasteiger partial charge is 0.255 e. The summed E-state index contributed by atoms with van der Waals surface area (Å²) in [4.78, 5) is 28.2. The van der Waals surface area contributed by atoms with Crippen molar-refractivity contribution < 1.29 is 9.59 Å². The lowest BCUT2D eigenvalue weighted by Gasteiger charge is -2.08. The van der Waals surface area contributed by atoms with E-state index in [1.165, 1.54) is 0 Å². The van der Waals surface area contributed by atoms with E-state index in [9.17, 15) is 9.59 Å². The summed E-state index contributed by atoms with van der Waals surface area (Å²) in [5.41, 5.74) is 2.55. The fourth-order valence-electron chi connectivity index (χ4n) is 2.33. The quantitative estimate of drug-likeness (QED) is 0.741. The van der Waals surface area contributed by atoms with Crippen LogP contribution in [0.4, 0.5) is 5.69 Å². The third-order valence-electron chi connectivity index (χ3n) is 3.66. The van der Waals surface area contributed by atoms with Crippen LogP contribution in [0.25, 0.3) is 6.08 Å². The molecule has 0 aliphatic carbocycles. The molecule has 3 rings (SSSR count). The van der Waals surface area contributed by atoms with Crippen molar-refractivity contribution in [1.29, 1.82) is 0 Å². The number of carbonyl (C=O) groups excluding carboxylic acids is 2. The van der Waals surface area contributed by atoms with Crippen molar-refractivity contribution in [2.24, 2.45) is 0 Å². The topological polar surface area (TPSA) is 71.1 Å². The summed E-state index contributed by atoms with van der Waals surface area (Å²) in [5.74, 6) is -0.415. The van der Waals surface area contributed by atoms with Crippen molar-refractivity contribution in [2.75, 3.05) is 5.32 Å². The zero-order valence-corrected chi connectivity index (χ0v) is 13.9. The van der Waals surface area contributed by atoms with Gasteiger partial charge in [0, 0.05) is 35.4 Å². The Bertz CT molecular complexity index is 922. The van der Waals surface area contributed by atoms with Gasteiger partial charge in [0.15, 0.2) is 0 Å². The SMILES string of the molecule is O=C(NC=Cc1ccccc1NC(=O)c1ccccc1)c1ccncc1. The van der Waals surface area contributed by atoms with E-state index in [1.807, 2.05) is 42.5 Å². The summed E-state index contributed by atoms with van der Waals surface area (Å²) in [6, 6.07) is 19.6. The molecule has 0 aliphatic heterocycles. The molecule has 0 fully saturated rings. The average Bonchev–Trinajstić information content (AvgIpc) is 2.70. The van der Waals surface area contributed by atoms with Gasteiger partial charge in [-0.3, -0.25) is 14.6 Å². The van der Waals surface area contributed by atoms with Crippen LogP contribution in [0.1, 0.15) is 26.3 Å². The summed E-state index contributed by atoms with van der Waals surface area (Å²) in [6.45, 7) is 0. The van der Waals surface area contributed by atoms with Crippen molar-refractivity contribution in [1.82, 2.24) is 10.3 Å². The molecule has 0 atom stereocenters. The Hall–Kier alpha value is -3.73. The van der Waals surface area contributed by atoms with Crippen LogP contribution in [0.2, 0.25) is 0 Å². The van der Waals surface area contributed by atoms with Crippen molar-refractivity contribution in [3.05, 3.63) is 102 Å². The number of amides is 2. The summed E-state index contributed by atoms with van der Waals surface area (Å²) < 4.78 is 0. The second-order valence-electron chi connectivity index (χ2n) is 5.45. The number of hydrogen-bond donors (Lipinski definition) is 2. The molecule has 0 spiro atoms. The van der Waals surface area contributed by atoms with Gasteiger partial charge in [-0.15, -0.1) is 0 Å². The van der Waals surface area contributed by atoms with Gasteiger partial charge in [0.25, 0.3) is 11.8 Å². The van der Waals surface area contributed by atoms with E-state index in [0.29, 0.717) is 16.8 Å². The van der Waals surface area contributed by atoms with Crippen molar-refractivity contribution in [3.8, 4) is 0 Å². The Labute approximate surface area is 151 Å². The Kier molecular flexibility index (Phi) is 5.52. The normalized spacial score (nSPS) is 10.5. The van der Waals surface area contributed by atoms with Gasteiger partial charge in [-0.25, -0.2) is 0 Å². The molecule has 2 aromatic carbocycles. The molecule has 128 valence electrons. The van der Waals surface area contributed by atoms with Gasteiger partial charge in [-0.1, -0.05) is 36.4 Å². The molecular weight excluding hydrogens is 326 g/mol. The Balaban J connectivity index is 1.69. The molecule has 0 unspecified atom stereocenters. The van der Waals surface area contributed by atoms with E-state index in [-0.39, 0.29) is 11.8 Å². The number of aromatic nitrogens is 1. The number of rotatable bonds is 5. The predicted molar refractivity (Wildman–Crippen MR) is 102 cm³/mol. The molecule has 5 heteroatoms. The highest BCUT2D eigenvalue weighted by Gasteiger charge is 2.07. The molecule has 2 N–H and O–H groups in total. The molecule has 3 aromatic rings. The van der Waals surface area contributed by atoms with Crippen LogP contribution in [0.5, 0.6) is 0 Å². The van der Waals surface area contributed by atoms with E-state index < -0.39 is 0 Å². The average molecular weight is 343 g/mol. The zero-order valence-electron chi connectivity index (χ0n) is 13.9. The number of para-hydroxylation sites is 1. The monoisotopic (exact) mass is 343 g/mol. The van der Waals surface area contributed by atoms with Crippen LogP contribution in [0.3, 0.4) is 0 Å². The summed E-state index contributed by atoms with van der Waals surface area (Å²) >= 11 is 0. The lowest BCUT2D eigenvalue weighted by atomic mass is 10.1. The molecule has 5 nitrogen and oxygen atoms in total. The van der Waals surface area contributed by atoms with Gasteiger partial charge in [-0.05, 0) is 42.0 Å². The summed E-state index contributed by atoms with van der Waals surface area (Å²) in [7, 11) is 0. The highest BCUT2D eigenvalue weighted by atomic mass is 16.2. The van der Waals surface area contributed by atoms with E-state index in [1.54, 1.807) is 48.9 Å². The van der Waals surface area contributed by atoms with Crippen LogP contribution in [-0.2, 0) is 0 Å². The molecule has 0 aliphatic rings. The molecule has 26 heavy (non-hydrogen) atoms. The maximum Gasteiger partial charge on any atom is 0.255 e. The number of carbonyl (C=O) groups is 2. The largest absolute Gasteiger partial charge is 0.329 e. The molecular formula is C21H17N3O2. The molecule has 1 heterocycles. The predicted octanol–water partition coefficient (Wildman–Crippen LogP) is 3.73. The van der Waals surface area contributed by atoms with Crippen molar-refractivity contribution in [2.45, 2.75) is 0 Å². The standard InChI is InChI=1S/C21H17N3O2/c25-20(18-10-13-22-14-11-18)23-15-12-16-6-4-5-9-19(16)24-21(26)17-7-2-1-3-8-17/h1-15H,(H,23,25)(H,24,26). The van der Waals surface area contributed by atoms with Crippen LogP contribution in [0, 0.1) is 0 Å². The van der Waals surface area contributed by atoms with Crippen molar-refractivity contribution >= 4 is 23.6 Å². The van der Waals surface area contributed by atoms with E-state index in [0.717, 1.165) is 5.56 Å². The maximum absolute atomic E-state index is 12.3. The number of benzene rings is 2. The van der Waals surface area contributed by atoms with Crippen LogP contribution < -0.4 is 10.6 Å². The van der Waals surface area contributed by atoms with Crippen LogP contribution >= 0.6 is 0 Å². The molecule has 0 radical (unpaired) electrons. The van der Waals surface area contributed by atoms with Gasteiger partial charge in [0.05, 0.1) is 0 Å². The molecule has 0 bridgehead atoms. The van der Waals surface area contributed by atoms with Crippen molar-refractivity contribution in [3.63, 3.8) is 0 Å². The lowest BCUT2D eigenvalue weighted by molar-refractivity contribution is 0.0969. The lowest BCUT2D eigenvalue weighted by Crippen LogP contribution is -2.17. The fourth-order valence-corrected chi connectivity index (χ4v) is 2.33. The van der Waals surface area contributed by atoms with E-state index in [4.69, 9.17) is 0 Å². The maximum atomic E-state index is 12.3. The third kappa shape index (κ3) is 4.42. The van der Waals surface area contributed by atoms with E-state index in [2.05, 4.69) is 15.6 Å². The minimum absolute atomic E-state index is 0.188. The Morgan fingerprint density at radius 3 is 2.19 bits per heavy atom. The summed E-state index contributed by atoms with van der Waals surface area (Å²) in [5, 5.41) is 5.59. The highest BCUT2D eigenvalue weighted by Crippen LogP contribution is 2.17. The fraction of sp³-hybridized carbons (Fsp3) is 0. The number of nitrogens with one attached hydrogen (secondary N) is 2. The minimum Gasteiger partial charge on any atom is -0.329 e. The first kappa shape index (κ1) is 17.1. The van der Waals surface area contributed by atoms with Gasteiger partial charge in [-0.2, -0.15) is 0 Å². The number of anilines is 1. The number of pyridine rings is 1. The third-order valence-corrected chi connectivity index (χ3v) is 3.66. The number of hydrogen-bond acceptors (Lipinski definition) is 3. The first-order valence-electron chi connectivity index (χ1n) is 8.07. The van der Waals surface area contributed by atoms with E-state index >= 15 is 0 Å². The summed E-state index contributed by atoms with van der Waals surface area (Å²) in [6.07, 6.45) is 6.41. The zero-order chi connectivity index (χ0) is 18.2. The second-order valence-corrected chi connectivity index (χ2v) is 5.45. The van der Waals surface area contributed by atoms with Gasteiger partial charge in [0.2, 0.25) is 0 Å². The first-order chi connectivity index (χ1) is 12.7. The minimum atomic E-state index is -0.227. The van der Waals surface area contributed by atoms with Crippen LogP contribution in [-0.4, -0.2) is 16.8 Å². The highest BCUT2D eigenvalue weighted by molar-refractivity contribution is 6.05. The van der Waals surface area contributed by atoms with Gasteiger partial charge in [0.1, 0.15) is 0 Å². The van der Waals surface area contributed by atoms with Gasteiger partial charge >= 0.3 is 0 Å².